The zero-order valence-electron chi connectivity index (χ0n) is 10.3. The highest BCUT2D eigenvalue weighted by Gasteiger charge is 2.25. The Labute approximate surface area is 136 Å². The van der Waals surface area contributed by atoms with E-state index in [4.69, 9.17) is 23.2 Å². The maximum atomic E-state index is 13.5. The zero-order valence-corrected chi connectivity index (χ0v) is 14.7. The highest BCUT2D eigenvalue weighted by atomic mass is 127. The third-order valence-electron chi connectivity index (χ3n) is 2.57. The highest BCUT2D eigenvalue weighted by Crippen LogP contribution is 2.29. The maximum absolute atomic E-state index is 13.5. The second kappa shape index (κ2) is 6.89. The van der Waals surface area contributed by atoms with Gasteiger partial charge in [-0.25, -0.2) is 17.5 Å². The first kappa shape index (κ1) is 17.4. The van der Waals surface area contributed by atoms with Crippen LogP contribution in [0, 0.1) is 11.7 Å². The molecule has 0 bridgehead atoms. The van der Waals surface area contributed by atoms with Gasteiger partial charge in [0.2, 0.25) is 10.0 Å². The number of nitrogens with one attached hydrogen (secondary N) is 1. The fourth-order valence-corrected chi connectivity index (χ4v) is 4.99. The van der Waals surface area contributed by atoms with E-state index in [2.05, 4.69) is 27.3 Å². The van der Waals surface area contributed by atoms with Crippen molar-refractivity contribution in [2.45, 2.75) is 24.8 Å². The summed E-state index contributed by atoms with van der Waals surface area (Å²) in [7, 11) is -3.87. The van der Waals surface area contributed by atoms with Crippen LogP contribution in [0.25, 0.3) is 0 Å². The van der Waals surface area contributed by atoms with Crippen LogP contribution in [0.2, 0.25) is 10.0 Å². The highest BCUT2D eigenvalue weighted by molar-refractivity contribution is 14.1. The van der Waals surface area contributed by atoms with E-state index < -0.39 is 20.9 Å². The molecule has 3 nitrogen and oxygen atoms in total. The molecular weight excluding hydrogens is 427 g/mol. The summed E-state index contributed by atoms with van der Waals surface area (Å²) in [5.74, 6) is -0.815. The molecule has 8 heteroatoms. The second-order valence-corrected chi connectivity index (χ2v) is 7.65. The summed E-state index contributed by atoms with van der Waals surface area (Å²) in [6.07, 6.45) is 0. The summed E-state index contributed by atoms with van der Waals surface area (Å²) in [5.41, 5.74) is 0. The number of rotatable bonds is 5. The Kier molecular flexibility index (Phi) is 6.31. The smallest absolute Gasteiger partial charge is 0.207 e. The summed E-state index contributed by atoms with van der Waals surface area (Å²) in [5, 5.41) is -0.700. The first-order valence-electron chi connectivity index (χ1n) is 5.42. The van der Waals surface area contributed by atoms with Gasteiger partial charge in [-0.15, -0.1) is 0 Å². The summed E-state index contributed by atoms with van der Waals surface area (Å²) < 4.78 is 41.0. The van der Waals surface area contributed by atoms with Crippen LogP contribution >= 0.6 is 45.8 Å². The molecule has 0 amide bonds. The van der Waals surface area contributed by atoms with Crippen LogP contribution in [-0.2, 0) is 10.0 Å². The Morgan fingerprint density at radius 3 is 2.42 bits per heavy atom. The van der Waals surface area contributed by atoms with E-state index in [0.717, 1.165) is 0 Å². The van der Waals surface area contributed by atoms with Crippen molar-refractivity contribution in [1.82, 2.24) is 4.72 Å². The Morgan fingerprint density at radius 2 is 1.95 bits per heavy atom. The molecule has 0 saturated heterocycles. The van der Waals surface area contributed by atoms with Crippen LogP contribution in [0.4, 0.5) is 4.39 Å². The van der Waals surface area contributed by atoms with Gasteiger partial charge in [0.1, 0.15) is 4.90 Å². The molecule has 108 valence electrons. The third kappa shape index (κ3) is 4.17. The predicted octanol–water partition coefficient (Wildman–Crippen LogP) is 3.87. The molecule has 0 aliphatic heterocycles. The molecule has 0 fully saturated rings. The molecule has 0 spiro atoms. The van der Waals surface area contributed by atoms with Gasteiger partial charge in [-0.2, -0.15) is 0 Å². The summed E-state index contributed by atoms with van der Waals surface area (Å²) in [4.78, 5) is -0.299. The topological polar surface area (TPSA) is 46.2 Å². The van der Waals surface area contributed by atoms with Gasteiger partial charge in [0, 0.05) is 10.5 Å². The van der Waals surface area contributed by atoms with E-state index in [1.54, 1.807) is 0 Å². The van der Waals surface area contributed by atoms with Gasteiger partial charge in [0.05, 0.1) is 10.0 Å². The molecule has 1 atom stereocenters. The van der Waals surface area contributed by atoms with Crippen LogP contribution < -0.4 is 4.72 Å². The number of sulfonamides is 1. The van der Waals surface area contributed by atoms with E-state index in [-0.39, 0.29) is 21.9 Å². The van der Waals surface area contributed by atoms with Crippen molar-refractivity contribution < 1.29 is 12.8 Å². The molecular formula is C11H13Cl2FINO2S. The van der Waals surface area contributed by atoms with E-state index >= 15 is 0 Å². The van der Waals surface area contributed by atoms with Gasteiger partial charge in [-0.05, 0) is 18.1 Å². The minimum Gasteiger partial charge on any atom is -0.207 e. The Bertz CT molecular complexity index is 566. The Hall–Kier alpha value is 0.370. The second-order valence-electron chi connectivity index (χ2n) is 4.30. The monoisotopic (exact) mass is 439 g/mol. The molecule has 1 N–H and O–H groups in total. The standard InChI is InChI=1S/C11H13Cl2FINO2S/c1-6(2)8(5-15)16-19(17,18)9-4-3-7(12)11(14)10(9)13/h3-4,6,8,16H,5H2,1-2H3. The first-order valence-corrected chi connectivity index (χ1v) is 9.19. The van der Waals surface area contributed by atoms with Crippen LogP contribution in [0.15, 0.2) is 17.0 Å². The number of hydrogen-bond acceptors (Lipinski definition) is 2. The van der Waals surface area contributed by atoms with Crippen LogP contribution in [-0.4, -0.2) is 18.9 Å². The van der Waals surface area contributed by atoms with Crippen LogP contribution in [0.1, 0.15) is 13.8 Å². The summed E-state index contributed by atoms with van der Waals surface area (Å²) >= 11 is 13.3. The summed E-state index contributed by atoms with van der Waals surface area (Å²) in [6, 6.07) is 2.12. The van der Waals surface area contributed by atoms with Gasteiger partial charge in [-0.3, -0.25) is 0 Å². The molecule has 1 unspecified atom stereocenters. The van der Waals surface area contributed by atoms with E-state index in [1.807, 2.05) is 13.8 Å². The lowest BCUT2D eigenvalue weighted by molar-refractivity contribution is 0.485. The molecule has 0 aromatic heterocycles. The molecule has 0 saturated carbocycles. The fourth-order valence-electron chi connectivity index (χ4n) is 1.32. The average Bonchev–Trinajstić information content (AvgIpc) is 2.32. The van der Waals surface area contributed by atoms with E-state index in [0.29, 0.717) is 4.43 Å². The normalized spacial score (nSPS) is 13.8. The predicted molar refractivity (Wildman–Crippen MR) is 84.3 cm³/mol. The van der Waals surface area contributed by atoms with Gasteiger partial charge in [0.15, 0.2) is 5.82 Å². The Morgan fingerprint density at radius 1 is 1.37 bits per heavy atom. The van der Waals surface area contributed by atoms with Gasteiger partial charge in [0.25, 0.3) is 0 Å². The lowest BCUT2D eigenvalue weighted by Crippen LogP contribution is -2.39. The molecule has 19 heavy (non-hydrogen) atoms. The van der Waals surface area contributed by atoms with Crippen molar-refractivity contribution in [3.8, 4) is 0 Å². The maximum Gasteiger partial charge on any atom is 0.242 e. The zero-order chi connectivity index (χ0) is 14.8. The largest absolute Gasteiger partial charge is 0.242 e. The van der Waals surface area contributed by atoms with Crippen LogP contribution in [0.5, 0.6) is 0 Å². The van der Waals surface area contributed by atoms with Crippen LogP contribution in [0.3, 0.4) is 0 Å². The minimum absolute atomic E-state index is 0.114. The van der Waals surface area contributed by atoms with E-state index in [1.165, 1.54) is 12.1 Å². The first-order chi connectivity index (χ1) is 8.70. The lowest BCUT2D eigenvalue weighted by atomic mass is 10.1. The van der Waals surface area contributed by atoms with Crippen molar-refractivity contribution >= 4 is 55.8 Å². The quantitative estimate of drug-likeness (QED) is 0.430. The van der Waals surface area contributed by atoms with Gasteiger partial charge >= 0.3 is 0 Å². The SMILES string of the molecule is CC(C)C(CI)NS(=O)(=O)c1ccc(Cl)c(F)c1Cl. The molecule has 0 heterocycles. The van der Waals surface area contributed by atoms with E-state index in [9.17, 15) is 12.8 Å². The van der Waals surface area contributed by atoms with Crippen molar-refractivity contribution in [2.75, 3.05) is 4.43 Å². The molecule has 0 aliphatic carbocycles. The van der Waals surface area contributed by atoms with Crippen molar-refractivity contribution in [2.24, 2.45) is 5.92 Å². The average molecular weight is 440 g/mol. The number of hydrogen-bond donors (Lipinski definition) is 1. The van der Waals surface area contributed by atoms with Crippen molar-refractivity contribution in [3.63, 3.8) is 0 Å². The molecule has 0 aliphatic rings. The van der Waals surface area contributed by atoms with Gasteiger partial charge < -0.3 is 0 Å². The Balaban J connectivity index is 3.18. The lowest BCUT2D eigenvalue weighted by Gasteiger charge is -2.20. The van der Waals surface area contributed by atoms with Crippen molar-refractivity contribution in [1.29, 1.82) is 0 Å². The van der Waals surface area contributed by atoms with Crippen molar-refractivity contribution in [3.05, 3.63) is 28.0 Å². The minimum atomic E-state index is -3.87. The summed E-state index contributed by atoms with van der Waals surface area (Å²) in [6.45, 7) is 3.80. The molecule has 1 aromatic carbocycles. The number of halogens is 4. The molecule has 1 aromatic rings. The number of benzene rings is 1. The molecule has 1 rings (SSSR count). The fraction of sp³-hybridized carbons (Fsp3) is 0.455. The third-order valence-corrected chi connectivity index (χ3v) is 5.82. The van der Waals surface area contributed by atoms with Gasteiger partial charge in [-0.1, -0.05) is 59.6 Å². The molecule has 0 radical (unpaired) electrons. The number of alkyl halides is 1.